The number of hydrogen-bond donors (Lipinski definition) is 0. The number of hydrogen-bond acceptors (Lipinski definition) is 2. The molecule has 0 aromatic carbocycles. The SMILES string of the molecule is CCCCCCCCCCON1CCCCC1. The van der Waals surface area contributed by atoms with Gasteiger partial charge in [0.25, 0.3) is 0 Å². The maximum atomic E-state index is 5.76. The van der Waals surface area contributed by atoms with Crippen molar-refractivity contribution in [2.24, 2.45) is 0 Å². The molecule has 1 saturated heterocycles. The van der Waals surface area contributed by atoms with Gasteiger partial charge in [-0.1, -0.05) is 58.3 Å². The molecule has 0 unspecified atom stereocenters. The number of rotatable bonds is 10. The zero-order valence-electron chi connectivity index (χ0n) is 11.8. The molecule has 0 aromatic rings. The van der Waals surface area contributed by atoms with Crippen LogP contribution in [0.3, 0.4) is 0 Å². The summed E-state index contributed by atoms with van der Waals surface area (Å²) in [6.45, 7) is 5.51. The molecule has 0 saturated carbocycles. The fourth-order valence-corrected chi connectivity index (χ4v) is 2.42. The first-order valence-electron chi connectivity index (χ1n) is 7.81. The van der Waals surface area contributed by atoms with Gasteiger partial charge in [-0.3, -0.25) is 4.84 Å². The standard InChI is InChI=1S/C15H31NO/c1-2-3-4-5-6-7-8-12-15-17-16-13-10-9-11-14-16/h2-15H2,1H3. The van der Waals surface area contributed by atoms with Crippen LogP contribution in [0.15, 0.2) is 0 Å². The van der Waals surface area contributed by atoms with Crippen LogP contribution in [0.4, 0.5) is 0 Å². The summed E-state index contributed by atoms with van der Waals surface area (Å²) < 4.78 is 0. The Labute approximate surface area is 108 Å². The zero-order valence-corrected chi connectivity index (χ0v) is 11.8. The number of piperidine rings is 1. The summed E-state index contributed by atoms with van der Waals surface area (Å²) >= 11 is 0. The molecule has 102 valence electrons. The lowest BCUT2D eigenvalue weighted by molar-refractivity contribution is -0.169. The summed E-state index contributed by atoms with van der Waals surface area (Å²) in [6, 6.07) is 0. The van der Waals surface area contributed by atoms with E-state index in [1.807, 2.05) is 0 Å². The van der Waals surface area contributed by atoms with Gasteiger partial charge in [-0.25, -0.2) is 0 Å². The predicted molar refractivity (Wildman–Crippen MR) is 74.0 cm³/mol. The molecule has 0 N–H and O–H groups in total. The second-order valence-electron chi connectivity index (χ2n) is 5.30. The highest BCUT2D eigenvalue weighted by molar-refractivity contribution is 4.56. The first-order valence-corrected chi connectivity index (χ1v) is 7.81. The van der Waals surface area contributed by atoms with Crippen molar-refractivity contribution >= 4 is 0 Å². The van der Waals surface area contributed by atoms with Gasteiger partial charge in [0.1, 0.15) is 0 Å². The third-order valence-corrected chi connectivity index (χ3v) is 3.59. The van der Waals surface area contributed by atoms with Crippen molar-refractivity contribution in [2.45, 2.75) is 77.6 Å². The summed E-state index contributed by atoms with van der Waals surface area (Å²) in [5.74, 6) is 0. The van der Waals surface area contributed by atoms with Gasteiger partial charge in [0.15, 0.2) is 0 Å². The van der Waals surface area contributed by atoms with Crippen molar-refractivity contribution in [2.75, 3.05) is 19.7 Å². The number of unbranched alkanes of at least 4 members (excludes halogenated alkanes) is 7. The Morgan fingerprint density at radius 2 is 1.35 bits per heavy atom. The van der Waals surface area contributed by atoms with Crippen LogP contribution in [0.25, 0.3) is 0 Å². The molecule has 1 heterocycles. The van der Waals surface area contributed by atoms with Gasteiger partial charge < -0.3 is 0 Å². The van der Waals surface area contributed by atoms with E-state index >= 15 is 0 Å². The van der Waals surface area contributed by atoms with Gasteiger partial charge in [-0.2, -0.15) is 5.06 Å². The van der Waals surface area contributed by atoms with Crippen LogP contribution in [0.2, 0.25) is 0 Å². The van der Waals surface area contributed by atoms with Crippen LogP contribution in [0.5, 0.6) is 0 Å². The van der Waals surface area contributed by atoms with Crippen LogP contribution in [-0.4, -0.2) is 24.8 Å². The van der Waals surface area contributed by atoms with E-state index in [1.165, 1.54) is 70.6 Å². The molecule has 1 rings (SSSR count). The predicted octanol–water partition coefficient (Wildman–Crippen LogP) is 4.54. The first kappa shape index (κ1) is 15.0. The summed E-state index contributed by atoms with van der Waals surface area (Å²) in [5.41, 5.74) is 0. The van der Waals surface area contributed by atoms with Crippen molar-refractivity contribution < 1.29 is 4.84 Å². The lowest BCUT2D eigenvalue weighted by Crippen LogP contribution is -2.30. The summed E-state index contributed by atoms with van der Waals surface area (Å²) in [6.07, 6.45) is 15.1. The van der Waals surface area contributed by atoms with Crippen molar-refractivity contribution in [3.05, 3.63) is 0 Å². The van der Waals surface area contributed by atoms with Gasteiger partial charge in [-0.05, 0) is 19.3 Å². The van der Waals surface area contributed by atoms with Crippen molar-refractivity contribution in [3.63, 3.8) is 0 Å². The molecule has 17 heavy (non-hydrogen) atoms. The lowest BCUT2D eigenvalue weighted by Gasteiger charge is -2.25. The molecule has 2 nitrogen and oxygen atoms in total. The molecule has 0 amide bonds. The van der Waals surface area contributed by atoms with Crippen LogP contribution in [-0.2, 0) is 4.84 Å². The average molecular weight is 241 g/mol. The minimum atomic E-state index is 0.939. The Bertz CT molecular complexity index is 155. The quantitative estimate of drug-likeness (QED) is 0.520. The Hall–Kier alpha value is -0.0800. The molecule has 1 aliphatic rings. The van der Waals surface area contributed by atoms with E-state index in [1.54, 1.807) is 0 Å². The largest absolute Gasteiger partial charge is 0.299 e. The van der Waals surface area contributed by atoms with E-state index in [0.29, 0.717) is 0 Å². The van der Waals surface area contributed by atoms with Crippen LogP contribution in [0.1, 0.15) is 77.6 Å². The van der Waals surface area contributed by atoms with Crippen molar-refractivity contribution in [1.29, 1.82) is 0 Å². The highest BCUT2D eigenvalue weighted by Crippen LogP contribution is 2.11. The Morgan fingerprint density at radius 1 is 0.765 bits per heavy atom. The third-order valence-electron chi connectivity index (χ3n) is 3.59. The summed E-state index contributed by atoms with van der Waals surface area (Å²) in [5, 5.41) is 2.17. The topological polar surface area (TPSA) is 12.5 Å². The Kier molecular flexibility index (Phi) is 9.72. The molecule has 1 fully saturated rings. The lowest BCUT2D eigenvalue weighted by atomic mass is 10.1. The molecule has 0 aromatic heterocycles. The normalized spacial score (nSPS) is 17.5. The highest BCUT2D eigenvalue weighted by atomic mass is 16.7. The Morgan fingerprint density at radius 3 is 2.00 bits per heavy atom. The second kappa shape index (κ2) is 11.0. The number of nitrogens with zero attached hydrogens (tertiary/aromatic N) is 1. The molecule has 2 heteroatoms. The second-order valence-corrected chi connectivity index (χ2v) is 5.30. The Balaban J connectivity index is 1.75. The van der Waals surface area contributed by atoms with Gasteiger partial charge in [0.2, 0.25) is 0 Å². The molecular weight excluding hydrogens is 210 g/mol. The van der Waals surface area contributed by atoms with Crippen molar-refractivity contribution in [3.8, 4) is 0 Å². The maximum absolute atomic E-state index is 5.76. The van der Waals surface area contributed by atoms with E-state index in [4.69, 9.17) is 4.84 Å². The van der Waals surface area contributed by atoms with Gasteiger partial charge in [-0.15, -0.1) is 0 Å². The van der Waals surface area contributed by atoms with E-state index in [9.17, 15) is 0 Å². The fraction of sp³-hybridized carbons (Fsp3) is 1.00. The third kappa shape index (κ3) is 8.62. The van der Waals surface area contributed by atoms with Gasteiger partial charge in [0, 0.05) is 13.1 Å². The van der Waals surface area contributed by atoms with Crippen molar-refractivity contribution in [1.82, 2.24) is 5.06 Å². The fourth-order valence-electron chi connectivity index (χ4n) is 2.42. The van der Waals surface area contributed by atoms with E-state index < -0.39 is 0 Å². The molecule has 0 bridgehead atoms. The van der Waals surface area contributed by atoms with Crippen LogP contribution >= 0.6 is 0 Å². The van der Waals surface area contributed by atoms with Crippen LogP contribution < -0.4 is 0 Å². The van der Waals surface area contributed by atoms with Gasteiger partial charge >= 0.3 is 0 Å². The van der Waals surface area contributed by atoms with E-state index in [2.05, 4.69) is 12.0 Å². The summed E-state index contributed by atoms with van der Waals surface area (Å²) in [4.78, 5) is 5.76. The molecule has 0 atom stereocenters. The minimum absolute atomic E-state index is 0.939. The van der Waals surface area contributed by atoms with E-state index in [0.717, 1.165) is 19.7 Å². The molecule has 0 aliphatic carbocycles. The molecular formula is C15H31NO. The van der Waals surface area contributed by atoms with Gasteiger partial charge in [0.05, 0.1) is 6.61 Å². The summed E-state index contributed by atoms with van der Waals surface area (Å²) in [7, 11) is 0. The van der Waals surface area contributed by atoms with E-state index in [-0.39, 0.29) is 0 Å². The van der Waals surface area contributed by atoms with Crippen LogP contribution in [0, 0.1) is 0 Å². The average Bonchev–Trinajstić information content (AvgIpc) is 2.38. The minimum Gasteiger partial charge on any atom is -0.299 e. The molecule has 0 radical (unpaired) electrons. The first-order chi connectivity index (χ1) is 8.43. The smallest absolute Gasteiger partial charge is 0.0685 e. The maximum Gasteiger partial charge on any atom is 0.0685 e. The molecule has 1 aliphatic heterocycles. The molecule has 0 spiro atoms. The monoisotopic (exact) mass is 241 g/mol. The zero-order chi connectivity index (χ0) is 12.2. The highest BCUT2D eigenvalue weighted by Gasteiger charge is 2.09. The number of hydroxylamine groups is 2.